The van der Waals surface area contributed by atoms with Crippen LogP contribution < -0.4 is 5.32 Å². The van der Waals surface area contributed by atoms with E-state index in [9.17, 15) is 4.39 Å². The van der Waals surface area contributed by atoms with Gasteiger partial charge in [0.2, 0.25) is 0 Å². The number of aliphatic hydroxyl groups is 1. The largest absolute Gasteiger partial charge is 0.394 e. The van der Waals surface area contributed by atoms with Crippen molar-refractivity contribution < 1.29 is 14.2 Å². The molecule has 0 aliphatic carbocycles. The van der Waals surface area contributed by atoms with Crippen LogP contribution in [-0.2, 0) is 4.74 Å². The Hall–Kier alpha value is -0.970. The smallest absolute Gasteiger partial charge is 0.123 e. The molecule has 1 fully saturated rings. The Balaban J connectivity index is 2.12. The third kappa shape index (κ3) is 3.51. The lowest BCUT2D eigenvalue weighted by atomic mass is 9.89. The lowest BCUT2D eigenvalue weighted by Crippen LogP contribution is -2.34. The monoisotopic (exact) mass is 253 g/mol. The van der Waals surface area contributed by atoms with Gasteiger partial charge >= 0.3 is 0 Å². The maximum atomic E-state index is 13.3. The molecule has 0 aromatic heterocycles. The van der Waals surface area contributed by atoms with Gasteiger partial charge in [-0.25, -0.2) is 4.39 Å². The van der Waals surface area contributed by atoms with E-state index < -0.39 is 0 Å². The predicted octanol–water partition coefficient (Wildman–Crippen LogP) is 1.88. The van der Waals surface area contributed by atoms with Crippen LogP contribution in [0.25, 0.3) is 0 Å². The first-order valence-corrected chi connectivity index (χ1v) is 6.50. The molecule has 0 radical (unpaired) electrons. The maximum absolute atomic E-state index is 13.3. The molecular weight excluding hydrogens is 233 g/mol. The number of halogens is 1. The zero-order valence-corrected chi connectivity index (χ0v) is 10.4. The summed E-state index contributed by atoms with van der Waals surface area (Å²) < 4.78 is 19.0. The molecule has 1 aliphatic rings. The van der Waals surface area contributed by atoms with Crippen molar-refractivity contribution in [2.24, 2.45) is 5.92 Å². The highest BCUT2D eigenvalue weighted by atomic mass is 19.1. The van der Waals surface area contributed by atoms with Crippen molar-refractivity contribution in [3.8, 4) is 0 Å². The molecule has 4 heteroatoms. The number of aliphatic hydroxyl groups excluding tert-OH is 1. The van der Waals surface area contributed by atoms with Gasteiger partial charge in [0.15, 0.2) is 0 Å². The van der Waals surface area contributed by atoms with Crippen molar-refractivity contribution in [2.45, 2.75) is 18.9 Å². The van der Waals surface area contributed by atoms with Crippen LogP contribution in [-0.4, -0.2) is 31.4 Å². The average molecular weight is 253 g/mol. The van der Waals surface area contributed by atoms with Crippen LogP contribution in [0.2, 0.25) is 0 Å². The van der Waals surface area contributed by atoms with Crippen LogP contribution in [0.3, 0.4) is 0 Å². The van der Waals surface area contributed by atoms with Crippen LogP contribution >= 0.6 is 0 Å². The second kappa shape index (κ2) is 6.83. The van der Waals surface area contributed by atoms with Crippen molar-refractivity contribution >= 4 is 0 Å². The first kappa shape index (κ1) is 13.5. The summed E-state index contributed by atoms with van der Waals surface area (Å²) in [6.07, 6.45) is 2.04. The third-order valence-electron chi connectivity index (χ3n) is 3.33. The third-order valence-corrected chi connectivity index (χ3v) is 3.33. The summed E-state index contributed by atoms with van der Waals surface area (Å²) in [6, 6.07) is 6.55. The number of benzene rings is 1. The Morgan fingerprint density at radius 3 is 3.06 bits per heavy atom. The summed E-state index contributed by atoms with van der Waals surface area (Å²) in [7, 11) is 0. The molecule has 1 aromatic carbocycles. The van der Waals surface area contributed by atoms with Gasteiger partial charge in [0.05, 0.1) is 19.3 Å². The van der Waals surface area contributed by atoms with Gasteiger partial charge in [0, 0.05) is 12.5 Å². The molecule has 1 aliphatic heterocycles. The lowest BCUT2D eigenvalue weighted by Gasteiger charge is -2.31. The minimum atomic E-state index is -0.242. The van der Waals surface area contributed by atoms with E-state index in [2.05, 4.69) is 5.32 Å². The molecule has 3 nitrogen and oxygen atoms in total. The summed E-state index contributed by atoms with van der Waals surface area (Å²) >= 11 is 0. The fourth-order valence-corrected chi connectivity index (χ4v) is 2.50. The molecule has 2 rings (SSSR count). The predicted molar refractivity (Wildman–Crippen MR) is 67.8 cm³/mol. The number of piperidine rings is 1. The SMILES string of the molecule is OCCO[C@@H](c1cccc(F)c1)[C@@H]1CCCNC1. The van der Waals surface area contributed by atoms with Gasteiger partial charge in [0.1, 0.15) is 5.82 Å². The van der Waals surface area contributed by atoms with Gasteiger partial charge in [-0.3, -0.25) is 0 Å². The Kier molecular flexibility index (Phi) is 5.11. The Morgan fingerprint density at radius 1 is 1.50 bits per heavy atom. The Bertz CT molecular complexity index is 367. The van der Waals surface area contributed by atoms with E-state index in [1.807, 2.05) is 6.07 Å². The highest BCUT2D eigenvalue weighted by molar-refractivity contribution is 5.20. The highest BCUT2D eigenvalue weighted by Gasteiger charge is 2.25. The maximum Gasteiger partial charge on any atom is 0.123 e. The van der Waals surface area contributed by atoms with E-state index in [4.69, 9.17) is 9.84 Å². The molecule has 0 unspecified atom stereocenters. The van der Waals surface area contributed by atoms with E-state index in [1.54, 1.807) is 6.07 Å². The second-order valence-electron chi connectivity index (χ2n) is 4.68. The summed E-state index contributed by atoms with van der Waals surface area (Å²) in [5.41, 5.74) is 0.858. The van der Waals surface area contributed by atoms with Crippen molar-refractivity contribution in [1.29, 1.82) is 0 Å². The van der Waals surface area contributed by atoms with Crippen molar-refractivity contribution in [3.05, 3.63) is 35.6 Å². The lowest BCUT2D eigenvalue weighted by molar-refractivity contribution is -0.0134. The molecule has 1 aromatic rings. The zero-order valence-electron chi connectivity index (χ0n) is 10.4. The average Bonchev–Trinajstić information content (AvgIpc) is 2.40. The molecule has 2 N–H and O–H groups in total. The van der Waals surface area contributed by atoms with E-state index in [-0.39, 0.29) is 25.1 Å². The van der Waals surface area contributed by atoms with Gasteiger partial charge in [-0.2, -0.15) is 0 Å². The van der Waals surface area contributed by atoms with Gasteiger partial charge < -0.3 is 15.2 Å². The summed E-state index contributed by atoms with van der Waals surface area (Å²) in [5.74, 6) is 0.0981. The van der Waals surface area contributed by atoms with Crippen molar-refractivity contribution in [3.63, 3.8) is 0 Å². The Morgan fingerprint density at radius 2 is 2.39 bits per heavy atom. The van der Waals surface area contributed by atoms with Gasteiger partial charge in [-0.1, -0.05) is 12.1 Å². The molecule has 0 saturated carbocycles. The van der Waals surface area contributed by atoms with Crippen LogP contribution in [0.1, 0.15) is 24.5 Å². The van der Waals surface area contributed by atoms with Crippen LogP contribution in [0.4, 0.5) is 4.39 Å². The van der Waals surface area contributed by atoms with Crippen molar-refractivity contribution in [1.82, 2.24) is 5.32 Å². The minimum Gasteiger partial charge on any atom is -0.394 e. The molecule has 2 atom stereocenters. The number of rotatable bonds is 5. The van der Waals surface area contributed by atoms with E-state index >= 15 is 0 Å². The zero-order chi connectivity index (χ0) is 12.8. The normalized spacial score (nSPS) is 21.8. The molecule has 0 bridgehead atoms. The van der Waals surface area contributed by atoms with Crippen LogP contribution in [0.15, 0.2) is 24.3 Å². The number of hydrogen-bond acceptors (Lipinski definition) is 3. The number of ether oxygens (including phenoxy) is 1. The summed E-state index contributed by atoms with van der Waals surface area (Å²) in [4.78, 5) is 0. The Labute approximate surface area is 107 Å². The van der Waals surface area contributed by atoms with E-state index in [1.165, 1.54) is 12.1 Å². The van der Waals surface area contributed by atoms with Crippen molar-refractivity contribution in [2.75, 3.05) is 26.3 Å². The first-order valence-electron chi connectivity index (χ1n) is 6.50. The minimum absolute atomic E-state index is 0.00797. The quantitative estimate of drug-likeness (QED) is 0.842. The fraction of sp³-hybridized carbons (Fsp3) is 0.571. The number of hydrogen-bond donors (Lipinski definition) is 2. The second-order valence-corrected chi connectivity index (χ2v) is 4.68. The van der Waals surface area contributed by atoms with Crippen LogP contribution in [0, 0.1) is 11.7 Å². The molecule has 0 amide bonds. The summed E-state index contributed by atoms with van der Waals surface area (Å²) in [6.45, 7) is 2.20. The van der Waals surface area contributed by atoms with E-state index in [0.29, 0.717) is 5.92 Å². The topological polar surface area (TPSA) is 41.5 Å². The molecule has 0 spiro atoms. The molecule has 1 heterocycles. The molecule has 1 saturated heterocycles. The molecule has 100 valence electrons. The van der Waals surface area contributed by atoms with E-state index in [0.717, 1.165) is 31.5 Å². The fourth-order valence-electron chi connectivity index (χ4n) is 2.50. The number of nitrogens with one attached hydrogen (secondary N) is 1. The van der Waals surface area contributed by atoms with Gasteiger partial charge in [-0.05, 0) is 37.1 Å². The van der Waals surface area contributed by atoms with Gasteiger partial charge in [0.25, 0.3) is 0 Å². The highest BCUT2D eigenvalue weighted by Crippen LogP contribution is 2.30. The van der Waals surface area contributed by atoms with Crippen LogP contribution in [0.5, 0.6) is 0 Å². The summed E-state index contributed by atoms with van der Waals surface area (Å²) in [5, 5.41) is 12.2. The molecule has 18 heavy (non-hydrogen) atoms. The van der Waals surface area contributed by atoms with Gasteiger partial charge in [-0.15, -0.1) is 0 Å². The first-order chi connectivity index (χ1) is 8.81. The molecular formula is C14H20FNO2. The standard InChI is InChI=1S/C14H20FNO2/c15-13-5-1-3-11(9-13)14(18-8-7-17)12-4-2-6-16-10-12/h1,3,5,9,12,14,16-17H,2,4,6-8,10H2/t12-,14+/m1/s1.